The first-order chi connectivity index (χ1) is 11.0. The van der Waals surface area contributed by atoms with Crippen LogP contribution in [0.3, 0.4) is 0 Å². The third-order valence-corrected chi connectivity index (χ3v) is 3.21. The van der Waals surface area contributed by atoms with E-state index in [4.69, 9.17) is 9.47 Å². The molecule has 0 aromatic heterocycles. The number of methoxy groups -OCH3 is 2. The molecule has 0 atom stereocenters. The van der Waals surface area contributed by atoms with E-state index >= 15 is 0 Å². The fraction of sp³-hybridized carbons (Fsp3) is 0.176. The predicted molar refractivity (Wildman–Crippen MR) is 85.6 cm³/mol. The molecule has 1 N–H and O–H groups in total. The number of ether oxygens (including phenoxy) is 2. The summed E-state index contributed by atoms with van der Waals surface area (Å²) in [7, 11) is 3.01. The zero-order chi connectivity index (χ0) is 16.8. The second-order valence-electron chi connectivity index (χ2n) is 4.72. The topological polar surface area (TPSA) is 59.9 Å². The summed E-state index contributed by atoms with van der Waals surface area (Å²) in [6.07, 6.45) is 0. The van der Waals surface area contributed by atoms with Crippen LogP contribution in [-0.2, 0) is 0 Å². The van der Waals surface area contributed by atoms with Crippen LogP contribution in [0.25, 0.3) is 0 Å². The number of carbonyl (C=O) groups excluding carboxylic acids is 1. The fourth-order valence-electron chi connectivity index (χ4n) is 1.95. The van der Waals surface area contributed by atoms with E-state index in [-0.39, 0.29) is 5.82 Å². The molecule has 2 aromatic rings. The molecule has 0 aliphatic rings. The van der Waals surface area contributed by atoms with Crippen molar-refractivity contribution < 1.29 is 18.7 Å². The molecular weight excluding hydrogens is 299 g/mol. The summed E-state index contributed by atoms with van der Waals surface area (Å²) in [6, 6.07) is 10.8. The molecule has 0 heterocycles. The van der Waals surface area contributed by atoms with Gasteiger partial charge in [0, 0.05) is 11.1 Å². The number of halogens is 1. The van der Waals surface area contributed by atoms with Crippen molar-refractivity contribution in [3.8, 4) is 11.5 Å². The minimum absolute atomic E-state index is 0.358. The van der Waals surface area contributed by atoms with E-state index in [1.807, 2.05) is 0 Å². The van der Waals surface area contributed by atoms with Gasteiger partial charge in [0.2, 0.25) is 0 Å². The van der Waals surface area contributed by atoms with Crippen molar-refractivity contribution in [2.24, 2.45) is 5.10 Å². The van der Waals surface area contributed by atoms with Gasteiger partial charge in [-0.25, -0.2) is 9.82 Å². The molecule has 0 saturated heterocycles. The van der Waals surface area contributed by atoms with E-state index in [0.29, 0.717) is 28.3 Å². The number of hydrogen-bond acceptors (Lipinski definition) is 4. The van der Waals surface area contributed by atoms with Crippen LogP contribution in [0.2, 0.25) is 0 Å². The van der Waals surface area contributed by atoms with Crippen LogP contribution in [-0.4, -0.2) is 25.8 Å². The summed E-state index contributed by atoms with van der Waals surface area (Å²) in [5, 5.41) is 3.99. The number of rotatable bonds is 5. The average molecular weight is 316 g/mol. The molecule has 0 unspecified atom stereocenters. The van der Waals surface area contributed by atoms with Crippen molar-refractivity contribution in [2.75, 3.05) is 14.2 Å². The Morgan fingerprint density at radius 1 is 1.04 bits per heavy atom. The summed E-state index contributed by atoms with van der Waals surface area (Å²) in [5.41, 5.74) is 3.90. The molecular formula is C17H17FN2O3. The third-order valence-electron chi connectivity index (χ3n) is 3.21. The van der Waals surface area contributed by atoms with E-state index in [1.165, 1.54) is 26.4 Å². The van der Waals surface area contributed by atoms with E-state index in [1.54, 1.807) is 37.3 Å². The van der Waals surface area contributed by atoms with Crippen molar-refractivity contribution in [3.63, 3.8) is 0 Å². The van der Waals surface area contributed by atoms with Crippen LogP contribution >= 0.6 is 0 Å². The van der Waals surface area contributed by atoms with Gasteiger partial charge in [0.1, 0.15) is 5.82 Å². The molecule has 0 radical (unpaired) electrons. The lowest BCUT2D eigenvalue weighted by molar-refractivity contribution is 0.0954. The molecule has 6 heteroatoms. The van der Waals surface area contributed by atoms with Gasteiger partial charge >= 0.3 is 0 Å². The summed E-state index contributed by atoms with van der Waals surface area (Å²) in [4.78, 5) is 12.1. The van der Waals surface area contributed by atoms with Crippen LogP contribution in [0.15, 0.2) is 47.6 Å². The number of carbonyl (C=O) groups is 1. The molecule has 2 aromatic carbocycles. The fourth-order valence-corrected chi connectivity index (χ4v) is 1.95. The van der Waals surface area contributed by atoms with Gasteiger partial charge in [-0.3, -0.25) is 4.79 Å². The molecule has 0 fully saturated rings. The number of hydrazone groups is 1. The van der Waals surface area contributed by atoms with E-state index in [2.05, 4.69) is 10.5 Å². The van der Waals surface area contributed by atoms with Crippen LogP contribution < -0.4 is 14.9 Å². The smallest absolute Gasteiger partial charge is 0.271 e. The quantitative estimate of drug-likeness (QED) is 0.681. The molecule has 0 saturated carbocycles. The van der Waals surface area contributed by atoms with Crippen molar-refractivity contribution >= 4 is 11.6 Å². The normalized spacial score (nSPS) is 11.0. The Balaban J connectivity index is 2.14. The number of nitrogens with one attached hydrogen (secondary N) is 1. The Hall–Kier alpha value is -2.89. The highest BCUT2D eigenvalue weighted by Gasteiger charge is 2.10. The van der Waals surface area contributed by atoms with E-state index < -0.39 is 5.91 Å². The Kier molecular flexibility index (Phi) is 5.30. The van der Waals surface area contributed by atoms with Crippen LogP contribution in [0.4, 0.5) is 4.39 Å². The van der Waals surface area contributed by atoms with Crippen molar-refractivity contribution in [1.29, 1.82) is 0 Å². The SMILES string of the molecule is COc1ccc(C(=O)N/N=C(\C)c2cccc(F)c2)cc1OC. The molecule has 0 aliphatic carbocycles. The van der Waals surface area contributed by atoms with Gasteiger partial charge in [-0.15, -0.1) is 0 Å². The van der Waals surface area contributed by atoms with Gasteiger partial charge < -0.3 is 9.47 Å². The van der Waals surface area contributed by atoms with Crippen molar-refractivity contribution in [3.05, 3.63) is 59.4 Å². The first-order valence-corrected chi connectivity index (χ1v) is 6.87. The Bertz CT molecular complexity index is 744. The highest BCUT2D eigenvalue weighted by molar-refractivity contribution is 6.01. The molecule has 1 amide bonds. The maximum Gasteiger partial charge on any atom is 0.271 e. The van der Waals surface area contributed by atoms with Crippen LogP contribution in [0.5, 0.6) is 11.5 Å². The Morgan fingerprint density at radius 2 is 1.78 bits per heavy atom. The monoisotopic (exact) mass is 316 g/mol. The Labute approximate surface area is 133 Å². The van der Waals surface area contributed by atoms with E-state index in [9.17, 15) is 9.18 Å². The third kappa shape index (κ3) is 4.06. The second kappa shape index (κ2) is 7.40. The summed E-state index contributed by atoms with van der Waals surface area (Å²) in [5.74, 6) is 0.222. The lowest BCUT2D eigenvalue weighted by atomic mass is 10.1. The lowest BCUT2D eigenvalue weighted by Gasteiger charge is -2.09. The van der Waals surface area contributed by atoms with Crippen molar-refractivity contribution in [2.45, 2.75) is 6.92 Å². The predicted octanol–water partition coefficient (Wildman–Crippen LogP) is 3.00. The highest BCUT2D eigenvalue weighted by Crippen LogP contribution is 2.27. The van der Waals surface area contributed by atoms with E-state index in [0.717, 1.165) is 0 Å². The lowest BCUT2D eigenvalue weighted by Crippen LogP contribution is -2.19. The zero-order valence-electron chi connectivity index (χ0n) is 13.1. The summed E-state index contributed by atoms with van der Waals surface area (Å²) < 4.78 is 23.4. The summed E-state index contributed by atoms with van der Waals surface area (Å²) in [6.45, 7) is 1.68. The Morgan fingerprint density at radius 3 is 2.43 bits per heavy atom. The van der Waals surface area contributed by atoms with Crippen LogP contribution in [0, 0.1) is 5.82 Å². The molecule has 0 aliphatic heterocycles. The number of hydrogen-bond donors (Lipinski definition) is 1. The number of nitrogens with zero attached hydrogens (tertiary/aromatic N) is 1. The molecule has 120 valence electrons. The molecule has 0 spiro atoms. The molecule has 2 rings (SSSR count). The minimum Gasteiger partial charge on any atom is -0.493 e. The molecule has 0 bridgehead atoms. The molecule has 5 nitrogen and oxygen atoms in total. The van der Waals surface area contributed by atoms with Crippen LogP contribution in [0.1, 0.15) is 22.8 Å². The van der Waals surface area contributed by atoms with Crippen molar-refractivity contribution in [1.82, 2.24) is 5.43 Å². The minimum atomic E-state index is -0.401. The van der Waals surface area contributed by atoms with Gasteiger partial charge in [0.05, 0.1) is 19.9 Å². The first-order valence-electron chi connectivity index (χ1n) is 6.87. The summed E-state index contributed by atoms with van der Waals surface area (Å²) >= 11 is 0. The zero-order valence-corrected chi connectivity index (χ0v) is 13.1. The largest absolute Gasteiger partial charge is 0.493 e. The number of amides is 1. The number of benzene rings is 2. The van der Waals surface area contributed by atoms with Gasteiger partial charge in [0.25, 0.3) is 5.91 Å². The highest BCUT2D eigenvalue weighted by atomic mass is 19.1. The maximum atomic E-state index is 13.2. The van der Waals surface area contributed by atoms with Gasteiger partial charge in [0.15, 0.2) is 11.5 Å². The van der Waals surface area contributed by atoms with Gasteiger partial charge in [-0.1, -0.05) is 12.1 Å². The standard InChI is InChI=1S/C17H17FN2O3/c1-11(12-5-4-6-14(18)9-12)19-20-17(21)13-7-8-15(22-2)16(10-13)23-3/h4-10H,1-3H3,(H,20,21)/b19-11+. The second-order valence-corrected chi connectivity index (χ2v) is 4.72. The first kappa shape index (κ1) is 16.5. The van der Waals surface area contributed by atoms with Gasteiger partial charge in [-0.2, -0.15) is 5.10 Å². The van der Waals surface area contributed by atoms with Gasteiger partial charge in [-0.05, 0) is 37.3 Å². The molecule has 23 heavy (non-hydrogen) atoms. The average Bonchev–Trinajstić information content (AvgIpc) is 2.58. The maximum absolute atomic E-state index is 13.2.